The lowest BCUT2D eigenvalue weighted by Gasteiger charge is -2.44. The van der Waals surface area contributed by atoms with E-state index < -0.39 is 0 Å². The van der Waals surface area contributed by atoms with Crippen LogP contribution in [0.2, 0.25) is 0 Å². The van der Waals surface area contributed by atoms with Crippen LogP contribution < -0.4 is 14.0 Å². The zero-order valence-corrected chi connectivity index (χ0v) is 18.4. The number of aromatic nitrogens is 2. The molecule has 5 rings (SSSR count). The number of benzene rings is 2. The van der Waals surface area contributed by atoms with Gasteiger partial charge in [-0.2, -0.15) is 4.98 Å². The third-order valence-corrected chi connectivity index (χ3v) is 6.53. The molecule has 0 radical (unpaired) electrons. The number of ether oxygens (including phenoxy) is 2. The van der Waals surface area contributed by atoms with Crippen LogP contribution in [0.4, 0.5) is 11.4 Å². The summed E-state index contributed by atoms with van der Waals surface area (Å²) < 4.78 is 17.8. The summed E-state index contributed by atoms with van der Waals surface area (Å²) in [6.45, 7) is 6.54. The Labute approximate surface area is 182 Å². The normalized spacial score (nSPS) is 18.3. The summed E-state index contributed by atoms with van der Waals surface area (Å²) in [6.07, 6.45) is 2.07. The van der Waals surface area contributed by atoms with Crippen LogP contribution in [0, 0.1) is 6.92 Å². The number of likely N-dealkylation sites (N-methyl/N-ethyl adjacent to an activating group) is 1. The molecule has 162 valence electrons. The fourth-order valence-corrected chi connectivity index (χ4v) is 4.73. The predicted molar refractivity (Wildman–Crippen MR) is 120 cm³/mol. The second-order valence-corrected chi connectivity index (χ2v) is 8.49. The minimum Gasteiger partial charge on any atom is -0.497 e. The lowest BCUT2D eigenvalue weighted by molar-refractivity contribution is 0.196. The Balaban J connectivity index is 1.63. The number of aryl methyl sites for hydroxylation is 2. The molecule has 0 atom stereocenters. The van der Waals surface area contributed by atoms with Gasteiger partial charge in [0.05, 0.1) is 13.7 Å². The maximum Gasteiger partial charge on any atom is 0.223 e. The third kappa shape index (κ3) is 3.58. The van der Waals surface area contributed by atoms with Crippen molar-refractivity contribution < 1.29 is 14.0 Å². The lowest BCUT2D eigenvalue weighted by atomic mass is 10.0. The Bertz CT molecular complexity index is 1070. The highest BCUT2D eigenvalue weighted by atomic mass is 16.5. The minimum atomic E-state index is 0.571. The maximum absolute atomic E-state index is 6.26. The van der Waals surface area contributed by atoms with E-state index in [1.807, 2.05) is 0 Å². The molecule has 3 aromatic rings. The van der Waals surface area contributed by atoms with Crippen LogP contribution in [0.25, 0.3) is 11.4 Å². The number of methoxy groups -OCH3 is 1. The van der Waals surface area contributed by atoms with Gasteiger partial charge in [-0.1, -0.05) is 5.16 Å². The summed E-state index contributed by atoms with van der Waals surface area (Å²) in [5, 5.41) is 4.06. The van der Waals surface area contributed by atoms with Crippen molar-refractivity contribution in [2.24, 2.45) is 0 Å². The highest BCUT2D eigenvalue weighted by Crippen LogP contribution is 2.47. The van der Waals surface area contributed by atoms with Crippen molar-refractivity contribution in [1.82, 2.24) is 19.5 Å². The molecule has 0 saturated carbocycles. The second-order valence-electron chi connectivity index (χ2n) is 8.49. The molecule has 1 aromatic heterocycles. The molecule has 0 aliphatic carbocycles. The maximum atomic E-state index is 6.26. The van der Waals surface area contributed by atoms with E-state index in [0.29, 0.717) is 11.7 Å². The average Bonchev–Trinajstić information content (AvgIpc) is 3.25. The summed E-state index contributed by atoms with van der Waals surface area (Å²) in [5.41, 5.74) is 4.64. The van der Waals surface area contributed by atoms with Crippen LogP contribution in [0.5, 0.6) is 11.5 Å². The van der Waals surface area contributed by atoms with Crippen LogP contribution in [-0.2, 0) is 6.42 Å². The molecule has 0 bridgehead atoms. The van der Waals surface area contributed by atoms with E-state index in [4.69, 9.17) is 14.0 Å². The van der Waals surface area contributed by atoms with E-state index in [9.17, 15) is 0 Å². The van der Waals surface area contributed by atoms with E-state index in [-0.39, 0.29) is 0 Å². The standard InChI is InChI=1S/C24H29N4O3/c1-17-25-24(26-31-17)18-6-8-20(9-7-18)28(12-10-27(2)11-13-28)22-16-21(29-3)15-19-5-4-14-30-23(19)22/h6-9,15-16H,4-5,10-14H2,1-3H3/q+1. The molecule has 0 N–H and O–H groups in total. The molecular formula is C24H29N4O3+. The van der Waals surface area contributed by atoms with Gasteiger partial charge >= 0.3 is 0 Å². The fraction of sp³-hybridized carbons (Fsp3) is 0.417. The zero-order chi connectivity index (χ0) is 21.4. The van der Waals surface area contributed by atoms with Crippen LogP contribution in [0.15, 0.2) is 40.9 Å². The smallest absolute Gasteiger partial charge is 0.223 e. The number of hydrogen-bond donors (Lipinski definition) is 0. The molecule has 2 aliphatic heterocycles. The molecule has 31 heavy (non-hydrogen) atoms. The van der Waals surface area contributed by atoms with Gasteiger partial charge in [0.15, 0.2) is 11.4 Å². The highest BCUT2D eigenvalue weighted by Gasteiger charge is 2.41. The van der Waals surface area contributed by atoms with Crippen molar-refractivity contribution in [2.45, 2.75) is 19.8 Å². The van der Waals surface area contributed by atoms with Crippen molar-refractivity contribution in [3.05, 3.63) is 47.9 Å². The Kier molecular flexibility index (Phi) is 5.16. The van der Waals surface area contributed by atoms with E-state index >= 15 is 0 Å². The molecule has 0 spiro atoms. The van der Waals surface area contributed by atoms with Gasteiger partial charge in [0.2, 0.25) is 11.7 Å². The summed E-state index contributed by atoms with van der Waals surface area (Å²) >= 11 is 0. The van der Waals surface area contributed by atoms with Crippen molar-refractivity contribution in [3.63, 3.8) is 0 Å². The molecule has 7 nitrogen and oxygen atoms in total. The molecule has 2 aliphatic rings. The first kappa shape index (κ1) is 20.0. The number of hydrogen-bond acceptors (Lipinski definition) is 6. The van der Waals surface area contributed by atoms with Gasteiger partial charge in [-0.3, -0.25) is 9.38 Å². The monoisotopic (exact) mass is 421 g/mol. The SMILES string of the molecule is COc1cc2c(c([N+]3(c4ccc(-c5noc(C)n5)cc4)CCN(C)CC3)c1)OCCC2. The molecule has 2 aromatic carbocycles. The Hall–Kier alpha value is -2.90. The second kappa shape index (κ2) is 7.98. The largest absolute Gasteiger partial charge is 0.497 e. The minimum absolute atomic E-state index is 0.571. The van der Waals surface area contributed by atoms with E-state index in [1.165, 1.54) is 16.9 Å². The van der Waals surface area contributed by atoms with Gasteiger partial charge in [0.1, 0.15) is 24.5 Å². The molecule has 3 heterocycles. The van der Waals surface area contributed by atoms with Gasteiger partial charge < -0.3 is 14.0 Å². The number of piperazine rings is 1. The van der Waals surface area contributed by atoms with E-state index in [2.05, 4.69) is 58.5 Å². The summed E-state index contributed by atoms with van der Waals surface area (Å²) in [4.78, 5) is 6.75. The van der Waals surface area contributed by atoms with Crippen LogP contribution in [0.3, 0.4) is 0 Å². The molecule has 7 heteroatoms. The fourth-order valence-electron chi connectivity index (χ4n) is 4.73. The molecule has 1 fully saturated rings. The van der Waals surface area contributed by atoms with Crippen LogP contribution in [-0.4, -0.2) is 62.0 Å². The molecule has 1 saturated heterocycles. The summed E-state index contributed by atoms with van der Waals surface area (Å²) in [6, 6.07) is 12.9. The summed E-state index contributed by atoms with van der Waals surface area (Å²) in [5.74, 6) is 3.13. The van der Waals surface area contributed by atoms with Crippen molar-refractivity contribution >= 4 is 11.4 Å². The van der Waals surface area contributed by atoms with Crippen LogP contribution >= 0.6 is 0 Å². The molecular weight excluding hydrogens is 392 g/mol. The van der Waals surface area contributed by atoms with Crippen LogP contribution in [0.1, 0.15) is 17.9 Å². The van der Waals surface area contributed by atoms with E-state index in [0.717, 1.165) is 67.2 Å². The summed E-state index contributed by atoms with van der Waals surface area (Å²) in [7, 11) is 3.93. The zero-order valence-electron chi connectivity index (χ0n) is 18.4. The van der Waals surface area contributed by atoms with Gasteiger partial charge in [0, 0.05) is 49.3 Å². The quantitative estimate of drug-likeness (QED) is 0.594. The number of quaternary nitrogens is 1. The first-order chi connectivity index (χ1) is 15.1. The number of fused-ring (bicyclic) bond motifs is 1. The van der Waals surface area contributed by atoms with Crippen molar-refractivity contribution in [1.29, 1.82) is 0 Å². The predicted octanol–water partition coefficient (Wildman–Crippen LogP) is 3.96. The average molecular weight is 422 g/mol. The Morgan fingerprint density at radius 1 is 1.10 bits per heavy atom. The highest BCUT2D eigenvalue weighted by molar-refractivity contribution is 5.71. The van der Waals surface area contributed by atoms with Gasteiger partial charge in [-0.15, -0.1) is 0 Å². The first-order valence-corrected chi connectivity index (χ1v) is 10.9. The number of rotatable bonds is 4. The van der Waals surface area contributed by atoms with Crippen molar-refractivity contribution in [3.8, 4) is 22.9 Å². The Morgan fingerprint density at radius 2 is 1.87 bits per heavy atom. The third-order valence-electron chi connectivity index (χ3n) is 6.53. The van der Waals surface area contributed by atoms with E-state index in [1.54, 1.807) is 14.0 Å². The van der Waals surface area contributed by atoms with Crippen molar-refractivity contribution in [2.75, 3.05) is 46.9 Å². The molecule has 0 unspecified atom stereocenters. The number of nitrogens with zero attached hydrogens (tertiary/aromatic N) is 4. The van der Waals surface area contributed by atoms with Gasteiger partial charge in [-0.25, -0.2) is 0 Å². The first-order valence-electron chi connectivity index (χ1n) is 10.9. The lowest BCUT2D eigenvalue weighted by Crippen LogP contribution is -2.57. The van der Waals surface area contributed by atoms with Gasteiger partial charge in [-0.05, 0) is 38.1 Å². The molecule has 0 amide bonds. The topological polar surface area (TPSA) is 60.6 Å². The Morgan fingerprint density at radius 3 is 2.55 bits per heavy atom. The van der Waals surface area contributed by atoms with Gasteiger partial charge in [0.25, 0.3) is 0 Å².